The maximum atomic E-state index is 5.44. The Bertz CT molecular complexity index is 388. The average molecular weight is 318 g/mol. The summed E-state index contributed by atoms with van der Waals surface area (Å²) >= 11 is 3.48. The lowest BCUT2D eigenvalue weighted by atomic mass is 10.2. The number of hydrogen-bond donors (Lipinski definition) is 1. The maximum absolute atomic E-state index is 5.44. The molecule has 1 N–H and O–H groups in total. The number of methoxy groups -OCH3 is 2. The van der Waals surface area contributed by atoms with Crippen LogP contribution in [0.5, 0.6) is 0 Å². The Morgan fingerprint density at radius 1 is 1.33 bits per heavy atom. The zero-order valence-electron chi connectivity index (χ0n) is 11.3. The second-order valence-electron chi connectivity index (χ2n) is 3.89. The first-order chi connectivity index (χ1) is 8.67. The maximum Gasteiger partial charge on any atom is 0.159 e. The van der Waals surface area contributed by atoms with E-state index in [0.29, 0.717) is 12.4 Å². The fourth-order valence-corrected chi connectivity index (χ4v) is 2.16. The summed E-state index contributed by atoms with van der Waals surface area (Å²) in [6, 6.07) is 0. The minimum absolute atomic E-state index is 0.0780. The van der Waals surface area contributed by atoms with Crippen molar-refractivity contribution in [2.75, 3.05) is 26.6 Å². The second-order valence-corrected chi connectivity index (χ2v) is 4.68. The van der Waals surface area contributed by atoms with Crippen molar-refractivity contribution in [2.45, 2.75) is 32.5 Å². The molecule has 0 saturated heterocycles. The van der Waals surface area contributed by atoms with Crippen molar-refractivity contribution < 1.29 is 9.47 Å². The van der Waals surface area contributed by atoms with Gasteiger partial charge in [-0.15, -0.1) is 0 Å². The van der Waals surface area contributed by atoms with Crippen molar-refractivity contribution in [1.82, 2.24) is 9.97 Å². The van der Waals surface area contributed by atoms with Crippen molar-refractivity contribution in [3.63, 3.8) is 0 Å². The van der Waals surface area contributed by atoms with E-state index >= 15 is 0 Å². The largest absolute Gasteiger partial charge is 0.378 e. The van der Waals surface area contributed by atoms with Gasteiger partial charge in [-0.25, -0.2) is 9.97 Å². The number of halogens is 1. The third-order valence-electron chi connectivity index (χ3n) is 2.58. The molecule has 0 fully saturated rings. The van der Waals surface area contributed by atoms with Gasteiger partial charge in [0.15, 0.2) is 5.82 Å². The van der Waals surface area contributed by atoms with Gasteiger partial charge in [-0.05, 0) is 22.4 Å². The number of hydrogen-bond acceptors (Lipinski definition) is 5. The normalized spacial score (nSPS) is 12.5. The summed E-state index contributed by atoms with van der Waals surface area (Å²) in [6.45, 7) is 2.55. The Morgan fingerprint density at radius 3 is 2.56 bits per heavy atom. The summed E-state index contributed by atoms with van der Waals surface area (Å²) in [5.41, 5.74) is 0.824. The SMILES string of the molecule is CCCC(OC)c1nc(COC)c(Br)c(NC)n1. The zero-order chi connectivity index (χ0) is 13.5. The predicted molar refractivity (Wildman–Crippen MR) is 74.6 cm³/mol. The molecule has 0 aliphatic rings. The molecule has 1 atom stereocenters. The summed E-state index contributed by atoms with van der Waals surface area (Å²) in [5, 5.41) is 3.05. The third kappa shape index (κ3) is 3.63. The van der Waals surface area contributed by atoms with Crippen molar-refractivity contribution in [3.8, 4) is 0 Å². The lowest BCUT2D eigenvalue weighted by Crippen LogP contribution is -2.12. The minimum atomic E-state index is -0.0780. The van der Waals surface area contributed by atoms with Crippen molar-refractivity contribution >= 4 is 21.7 Å². The molecule has 1 rings (SSSR count). The first kappa shape index (κ1) is 15.3. The Morgan fingerprint density at radius 2 is 2.06 bits per heavy atom. The van der Waals surface area contributed by atoms with E-state index < -0.39 is 0 Å². The second kappa shape index (κ2) is 7.66. The van der Waals surface area contributed by atoms with Crippen LogP contribution >= 0.6 is 15.9 Å². The number of rotatable bonds is 7. The van der Waals surface area contributed by atoms with Gasteiger partial charge >= 0.3 is 0 Å². The molecule has 0 spiro atoms. The first-order valence-corrected chi connectivity index (χ1v) is 6.72. The molecule has 1 aromatic heterocycles. The topological polar surface area (TPSA) is 56.3 Å². The smallest absolute Gasteiger partial charge is 0.159 e. The number of nitrogens with zero attached hydrogens (tertiary/aromatic N) is 2. The fraction of sp³-hybridized carbons (Fsp3) is 0.667. The van der Waals surface area contributed by atoms with Crippen molar-refractivity contribution in [2.24, 2.45) is 0 Å². The van der Waals surface area contributed by atoms with Crippen LogP contribution in [0.25, 0.3) is 0 Å². The van der Waals surface area contributed by atoms with E-state index in [2.05, 4.69) is 38.1 Å². The highest BCUT2D eigenvalue weighted by atomic mass is 79.9. The molecule has 6 heteroatoms. The number of nitrogens with one attached hydrogen (secondary N) is 1. The van der Waals surface area contributed by atoms with E-state index in [-0.39, 0.29) is 6.10 Å². The number of anilines is 1. The fourth-order valence-electron chi connectivity index (χ4n) is 1.67. The van der Waals surface area contributed by atoms with Gasteiger partial charge in [-0.2, -0.15) is 0 Å². The molecule has 1 unspecified atom stereocenters. The predicted octanol–water partition coefficient (Wildman–Crippen LogP) is 2.91. The quantitative estimate of drug-likeness (QED) is 0.838. The van der Waals surface area contributed by atoms with Crippen LogP contribution in [0.3, 0.4) is 0 Å². The Kier molecular flexibility index (Phi) is 6.52. The summed E-state index contributed by atoms with van der Waals surface area (Å²) in [6.07, 6.45) is 1.84. The molecular weight excluding hydrogens is 298 g/mol. The number of ether oxygens (including phenoxy) is 2. The van der Waals surface area contributed by atoms with Crippen LogP contribution in [-0.4, -0.2) is 31.2 Å². The summed E-state index contributed by atoms with van der Waals surface area (Å²) in [5.74, 6) is 1.45. The monoisotopic (exact) mass is 317 g/mol. The van der Waals surface area contributed by atoms with Crippen LogP contribution in [0.4, 0.5) is 5.82 Å². The molecule has 5 nitrogen and oxygen atoms in total. The highest BCUT2D eigenvalue weighted by molar-refractivity contribution is 9.10. The molecule has 102 valence electrons. The van der Waals surface area contributed by atoms with E-state index in [9.17, 15) is 0 Å². The molecule has 1 heterocycles. The Hall–Kier alpha value is -0.720. The third-order valence-corrected chi connectivity index (χ3v) is 3.41. The van der Waals surface area contributed by atoms with Crippen LogP contribution in [0.1, 0.15) is 37.4 Å². The van der Waals surface area contributed by atoms with Crippen LogP contribution in [0.2, 0.25) is 0 Å². The van der Waals surface area contributed by atoms with Crippen LogP contribution in [0, 0.1) is 0 Å². The Balaban J connectivity index is 3.14. The highest BCUT2D eigenvalue weighted by Crippen LogP contribution is 2.27. The van der Waals surface area contributed by atoms with E-state index in [1.165, 1.54) is 0 Å². The lowest BCUT2D eigenvalue weighted by Gasteiger charge is -2.16. The summed E-state index contributed by atoms with van der Waals surface area (Å²) in [7, 11) is 5.16. The van der Waals surface area contributed by atoms with Gasteiger partial charge in [0.2, 0.25) is 0 Å². The van der Waals surface area contributed by atoms with Gasteiger partial charge in [0.25, 0.3) is 0 Å². The number of aromatic nitrogens is 2. The molecular formula is C12H20BrN3O2. The standard InChI is InChI=1S/C12H20BrN3O2/c1-5-6-9(18-4)11-15-8(7-17-3)10(13)12(14-2)16-11/h9H,5-7H2,1-4H3,(H,14,15,16). The van der Waals surface area contributed by atoms with E-state index in [1.807, 2.05) is 7.05 Å². The molecule has 18 heavy (non-hydrogen) atoms. The molecule has 0 aromatic carbocycles. The zero-order valence-corrected chi connectivity index (χ0v) is 12.9. The van der Waals surface area contributed by atoms with Gasteiger partial charge in [-0.3, -0.25) is 0 Å². The van der Waals surface area contributed by atoms with Gasteiger partial charge in [0.1, 0.15) is 11.9 Å². The first-order valence-electron chi connectivity index (χ1n) is 5.93. The minimum Gasteiger partial charge on any atom is -0.378 e. The van der Waals surface area contributed by atoms with Gasteiger partial charge in [0.05, 0.1) is 16.8 Å². The molecule has 0 amide bonds. The average Bonchev–Trinajstić information content (AvgIpc) is 2.38. The van der Waals surface area contributed by atoms with E-state index in [4.69, 9.17) is 9.47 Å². The van der Waals surface area contributed by atoms with Gasteiger partial charge in [-0.1, -0.05) is 13.3 Å². The van der Waals surface area contributed by atoms with Crippen LogP contribution in [-0.2, 0) is 16.1 Å². The molecule has 1 aromatic rings. The molecule has 0 saturated carbocycles. The molecule has 0 bridgehead atoms. The van der Waals surface area contributed by atoms with Crippen LogP contribution in [0.15, 0.2) is 4.47 Å². The molecule has 0 aliphatic heterocycles. The van der Waals surface area contributed by atoms with Gasteiger partial charge in [0, 0.05) is 21.3 Å². The Labute approximate surface area is 116 Å². The van der Waals surface area contributed by atoms with Crippen molar-refractivity contribution in [3.05, 3.63) is 16.0 Å². The highest BCUT2D eigenvalue weighted by Gasteiger charge is 2.18. The van der Waals surface area contributed by atoms with Crippen LogP contribution < -0.4 is 5.32 Å². The molecule has 0 radical (unpaired) electrons. The van der Waals surface area contributed by atoms with Gasteiger partial charge < -0.3 is 14.8 Å². The van der Waals surface area contributed by atoms with Crippen molar-refractivity contribution in [1.29, 1.82) is 0 Å². The summed E-state index contributed by atoms with van der Waals surface area (Å²) in [4.78, 5) is 8.99. The molecule has 0 aliphatic carbocycles. The lowest BCUT2D eigenvalue weighted by molar-refractivity contribution is 0.0868. The van der Waals surface area contributed by atoms with E-state index in [1.54, 1.807) is 14.2 Å². The van der Waals surface area contributed by atoms with E-state index in [0.717, 1.165) is 28.8 Å². The summed E-state index contributed by atoms with van der Waals surface area (Å²) < 4.78 is 11.4.